The van der Waals surface area contributed by atoms with Crippen molar-refractivity contribution in [2.45, 2.75) is 6.10 Å². The Morgan fingerprint density at radius 1 is 1.53 bits per heavy atom. The Kier molecular flexibility index (Phi) is 4.24. The molecule has 0 aliphatic carbocycles. The van der Waals surface area contributed by atoms with Crippen molar-refractivity contribution in [3.8, 4) is 0 Å². The van der Waals surface area contributed by atoms with Crippen LogP contribution < -0.4 is 11.1 Å². The van der Waals surface area contributed by atoms with Gasteiger partial charge in [-0.1, -0.05) is 0 Å². The maximum absolute atomic E-state index is 13.3. The van der Waals surface area contributed by atoms with Crippen molar-refractivity contribution < 1.29 is 24.5 Å². The van der Waals surface area contributed by atoms with Crippen molar-refractivity contribution in [3.63, 3.8) is 0 Å². The molecule has 0 bridgehead atoms. The molecule has 0 amide bonds. The molecule has 0 aliphatic rings. The lowest BCUT2D eigenvalue weighted by Crippen LogP contribution is -2.23. The number of aliphatic hydroxyl groups excluding tert-OH is 2. The van der Waals surface area contributed by atoms with Crippen LogP contribution in [0.2, 0.25) is 0 Å². The summed E-state index contributed by atoms with van der Waals surface area (Å²) in [5.41, 5.74) is 5.22. The molecule has 1 rings (SSSR count). The van der Waals surface area contributed by atoms with Gasteiger partial charge in [-0.25, -0.2) is 9.18 Å². The Hall–Kier alpha value is -1.86. The van der Waals surface area contributed by atoms with Gasteiger partial charge in [-0.15, -0.1) is 0 Å². The summed E-state index contributed by atoms with van der Waals surface area (Å²) in [5.74, 6) is -2.33. The molecule has 0 fully saturated rings. The number of carbonyl (C=O) groups is 1. The van der Waals surface area contributed by atoms with Gasteiger partial charge in [-0.3, -0.25) is 0 Å². The summed E-state index contributed by atoms with van der Waals surface area (Å²) in [6.45, 7) is -0.463. The zero-order valence-electron chi connectivity index (χ0n) is 8.85. The Labute approximate surface area is 96.5 Å². The van der Waals surface area contributed by atoms with Gasteiger partial charge in [0.2, 0.25) is 0 Å². The van der Waals surface area contributed by atoms with E-state index in [-0.39, 0.29) is 17.9 Å². The predicted octanol–water partition coefficient (Wildman–Crippen LogP) is -0.129. The molecule has 0 heterocycles. The highest BCUT2D eigenvalue weighted by Gasteiger charge is 2.14. The lowest BCUT2D eigenvalue weighted by atomic mass is 10.1. The maximum Gasteiger partial charge on any atom is 0.338 e. The molecule has 7 heteroatoms. The van der Waals surface area contributed by atoms with Crippen molar-refractivity contribution in [2.75, 3.05) is 24.2 Å². The van der Waals surface area contributed by atoms with E-state index in [9.17, 15) is 9.18 Å². The molecule has 0 aromatic heterocycles. The largest absolute Gasteiger partial charge is 0.478 e. The molecule has 0 saturated carbocycles. The first-order chi connectivity index (χ1) is 7.95. The summed E-state index contributed by atoms with van der Waals surface area (Å²) in [4.78, 5) is 10.6. The highest BCUT2D eigenvalue weighted by Crippen LogP contribution is 2.23. The van der Waals surface area contributed by atoms with Crippen LogP contribution in [0.15, 0.2) is 12.1 Å². The summed E-state index contributed by atoms with van der Waals surface area (Å²) in [7, 11) is 0. The van der Waals surface area contributed by atoms with Crippen molar-refractivity contribution >= 4 is 17.3 Å². The Morgan fingerprint density at radius 2 is 2.18 bits per heavy atom. The number of nitrogens with two attached hydrogens (primary N) is 1. The van der Waals surface area contributed by atoms with Gasteiger partial charge in [-0.2, -0.15) is 0 Å². The van der Waals surface area contributed by atoms with Gasteiger partial charge in [0.25, 0.3) is 0 Å². The minimum absolute atomic E-state index is 0.0213. The van der Waals surface area contributed by atoms with Gasteiger partial charge < -0.3 is 26.4 Å². The van der Waals surface area contributed by atoms with Crippen LogP contribution in [0.25, 0.3) is 0 Å². The van der Waals surface area contributed by atoms with Crippen LogP contribution in [0.4, 0.5) is 15.8 Å². The number of nitrogen functional groups attached to an aromatic ring is 1. The molecule has 6 nitrogen and oxygen atoms in total. The first kappa shape index (κ1) is 13.2. The van der Waals surface area contributed by atoms with Crippen molar-refractivity contribution in [2.24, 2.45) is 0 Å². The molecule has 6 N–H and O–H groups in total. The maximum atomic E-state index is 13.3. The average Bonchev–Trinajstić information content (AvgIpc) is 2.28. The fourth-order valence-corrected chi connectivity index (χ4v) is 1.20. The number of benzene rings is 1. The summed E-state index contributed by atoms with van der Waals surface area (Å²) < 4.78 is 13.3. The number of carboxylic acid groups (broad SMARTS) is 1. The van der Waals surface area contributed by atoms with E-state index in [1.807, 2.05) is 0 Å². The average molecular weight is 244 g/mol. The SMILES string of the molecule is Nc1cc(C(=O)O)c(F)cc1NCC(O)CO. The van der Waals surface area contributed by atoms with E-state index in [2.05, 4.69) is 5.32 Å². The molecule has 0 spiro atoms. The number of halogens is 1. The van der Waals surface area contributed by atoms with Gasteiger partial charge in [0.1, 0.15) is 5.82 Å². The monoisotopic (exact) mass is 244 g/mol. The van der Waals surface area contributed by atoms with E-state index in [1.54, 1.807) is 0 Å². The van der Waals surface area contributed by atoms with Crippen LogP contribution in [-0.4, -0.2) is 40.5 Å². The molecule has 0 aliphatic heterocycles. The molecule has 1 atom stereocenters. The highest BCUT2D eigenvalue weighted by molar-refractivity contribution is 5.90. The smallest absolute Gasteiger partial charge is 0.338 e. The molecule has 17 heavy (non-hydrogen) atoms. The number of hydrogen-bond donors (Lipinski definition) is 5. The van der Waals surface area contributed by atoms with Gasteiger partial charge in [0.15, 0.2) is 0 Å². The van der Waals surface area contributed by atoms with Gasteiger partial charge in [0, 0.05) is 6.54 Å². The second-order valence-electron chi connectivity index (χ2n) is 3.44. The first-order valence-corrected chi connectivity index (χ1v) is 4.80. The minimum Gasteiger partial charge on any atom is -0.478 e. The molecular weight excluding hydrogens is 231 g/mol. The normalized spacial score (nSPS) is 12.2. The van der Waals surface area contributed by atoms with Gasteiger partial charge in [-0.05, 0) is 12.1 Å². The summed E-state index contributed by atoms with van der Waals surface area (Å²) in [6.07, 6.45) is -1.00. The molecular formula is C10H13FN2O4. The summed E-state index contributed by atoms with van der Waals surface area (Å²) in [5, 5.41) is 28.9. The van der Waals surface area contributed by atoms with E-state index < -0.39 is 30.1 Å². The minimum atomic E-state index is -1.41. The molecule has 0 radical (unpaired) electrons. The van der Waals surface area contributed by atoms with Gasteiger partial charge >= 0.3 is 5.97 Å². The highest BCUT2D eigenvalue weighted by atomic mass is 19.1. The number of aliphatic hydroxyl groups is 2. The number of rotatable bonds is 5. The van der Waals surface area contributed by atoms with Gasteiger partial charge in [0.05, 0.1) is 29.6 Å². The summed E-state index contributed by atoms with van der Waals surface area (Å²) >= 11 is 0. The Morgan fingerprint density at radius 3 is 2.71 bits per heavy atom. The number of hydrogen-bond acceptors (Lipinski definition) is 5. The fraction of sp³-hybridized carbons (Fsp3) is 0.300. The topological polar surface area (TPSA) is 116 Å². The number of nitrogens with one attached hydrogen (secondary N) is 1. The van der Waals surface area contributed by atoms with E-state index in [0.29, 0.717) is 0 Å². The third kappa shape index (κ3) is 3.30. The van der Waals surface area contributed by atoms with E-state index in [1.165, 1.54) is 0 Å². The van der Waals surface area contributed by atoms with E-state index in [4.69, 9.17) is 21.1 Å². The number of anilines is 2. The van der Waals surface area contributed by atoms with E-state index >= 15 is 0 Å². The lowest BCUT2D eigenvalue weighted by Gasteiger charge is -2.13. The molecule has 1 aromatic rings. The zero-order chi connectivity index (χ0) is 13.0. The summed E-state index contributed by atoms with van der Waals surface area (Å²) in [6, 6.07) is 1.92. The van der Waals surface area contributed by atoms with Crippen molar-refractivity contribution in [3.05, 3.63) is 23.5 Å². The van der Waals surface area contributed by atoms with Crippen LogP contribution >= 0.6 is 0 Å². The van der Waals surface area contributed by atoms with Crippen molar-refractivity contribution in [1.29, 1.82) is 0 Å². The quantitative estimate of drug-likeness (QED) is 0.461. The molecule has 94 valence electrons. The van der Waals surface area contributed by atoms with Crippen LogP contribution in [0.5, 0.6) is 0 Å². The fourth-order valence-electron chi connectivity index (χ4n) is 1.20. The Balaban J connectivity index is 2.88. The first-order valence-electron chi connectivity index (χ1n) is 4.80. The molecule has 1 unspecified atom stereocenters. The predicted molar refractivity (Wildman–Crippen MR) is 59.4 cm³/mol. The lowest BCUT2D eigenvalue weighted by molar-refractivity contribution is 0.0692. The third-order valence-corrected chi connectivity index (χ3v) is 2.11. The van der Waals surface area contributed by atoms with Crippen molar-refractivity contribution in [1.82, 2.24) is 0 Å². The second kappa shape index (κ2) is 5.46. The Bertz CT molecular complexity index is 425. The van der Waals surface area contributed by atoms with E-state index in [0.717, 1.165) is 12.1 Å². The molecule has 1 aromatic carbocycles. The third-order valence-electron chi connectivity index (χ3n) is 2.11. The number of carboxylic acids is 1. The van der Waals surface area contributed by atoms with Crippen LogP contribution in [0, 0.1) is 5.82 Å². The second-order valence-corrected chi connectivity index (χ2v) is 3.44. The number of aromatic carboxylic acids is 1. The molecule has 0 saturated heterocycles. The van der Waals surface area contributed by atoms with Crippen LogP contribution in [0.3, 0.4) is 0 Å². The standard InChI is InChI=1S/C10H13FN2O4/c11-7-2-9(13-3-5(15)4-14)8(12)1-6(7)10(16)17/h1-2,5,13-15H,3-4,12H2,(H,16,17). The van der Waals surface area contributed by atoms with Crippen LogP contribution in [0.1, 0.15) is 10.4 Å². The zero-order valence-corrected chi connectivity index (χ0v) is 8.85. The van der Waals surface area contributed by atoms with Crippen LogP contribution in [-0.2, 0) is 0 Å².